The van der Waals surface area contributed by atoms with E-state index in [1.807, 2.05) is 13.8 Å². The van der Waals surface area contributed by atoms with Crippen LogP contribution < -0.4 is 10.6 Å². The van der Waals surface area contributed by atoms with Crippen LogP contribution in [-0.4, -0.2) is 23.7 Å². The van der Waals surface area contributed by atoms with Gasteiger partial charge in [-0.25, -0.2) is 4.99 Å². The number of guanidine groups is 1. The number of nitrogens with zero attached hydrogens (tertiary/aromatic N) is 2. The number of halogens is 1. The molecule has 1 aromatic rings. The summed E-state index contributed by atoms with van der Waals surface area (Å²) in [6.45, 7) is 11.6. The highest BCUT2D eigenvalue weighted by Gasteiger charge is 2.09. The Morgan fingerprint density at radius 2 is 2.05 bits per heavy atom. The molecule has 0 saturated carbocycles. The van der Waals surface area contributed by atoms with Gasteiger partial charge in [0.2, 0.25) is 0 Å². The number of aryl methyl sites for hydroxylation is 2. The van der Waals surface area contributed by atoms with Gasteiger partial charge in [0.05, 0.1) is 12.2 Å². The first-order chi connectivity index (χ1) is 8.58. The minimum absolute atomic E-state index is 0. The Labute approximate surface area is 132 Å². The molecule has 1 heterocycles. The van der Waals surface area contributed by atoms with Crippen LogP contribution in [0.1, 0.15) is 44.2 Å². The van der Waals surface area contributed by atoms with Gasteiger partial charge < -0.3 is 15.2 Å². The van der Waals surface area contributed by atoms with E-state index in [-0.39, 0.29) is 24.0 Å². The average Bonchev–Trinajstić information content (AvgIpc) is 2.66. The minimum Gasteiger partial charge on any atom is -0.361 e. The summed E-state index contributed by atoms with van der Waals surface area (Å²) in [6, 6.07) is 0.410. The Morgan fingerprint density at radius 1 is 1.37 bits per heavy atom. The quantitative estimate of drug-likeness (QED) is 0.469. The van der Waals surface area contributed by atoms with E-state index in [1.54, 1.807) is 0 Å². The Morgan fingerprint density at radius 3 is 2.53 bits per heavy atom. The SMILES string of the molecule is CCNC(=NCc1c(C)noc1C)NC(C)CC.I. The molecule has 0 aliphatic carbocycles. The van der Waals surface area contributed by atoms with Crippen molar-refractivity contribution in [3.8, 4) is 0 Å². The number of hydrogen-bond donors (Lipinski definition) is 2. The number of rotatable bonds is 5. The molecule has 1 unspecified atom stereocenters. The second-order valence-corrected chi connectivity index (χ2v) is 4.45. The van der Waals surface area contributed by atoms with Crippen LogP contribution in [0, 0.1) is 13.8 Å². The van der Waals surface area contributed by atoms with Gasteiger partial charge in [-0.1, -0.05) is 12.1 Å². The summed E-state index contributed by atoms with van der Waals surface area (Å²) in [6.07, 6.45) is 1.07. The Balaban J connectivity index is 0.00000324. The van der Waals surface area contributed by atoms with E-state index in [2.05, 4.69) is 41.6 Å². The summed E-state index contributed by atoms with van der Waals surface area (Å²) < 4.78 is 5.13. The first-order valence-corrected chi connectivity index (χ1v) is 6.55. The van der Waals surface area contributed by atoms with E-state index < -0.39 is 0 Å². The lowest BCUT2D eigenvalue weighted by atomic mass is 10.2. The van der Waals surface area contributed by atoms with Gasteiger partial charge in [-0.2, -0.15) is 0 Å². The van der Waals surface area contributed by atoms with Crippen LogP contribution in [0.5, 0.6) is 0 Å². The summed E-state index contributed by atoms with van der Waals surface area (Å²) in [7, 11) is 0. The van der Waals surface area contributed by atoms with Crippen molar-refractivity contribution in [1.82, 2.24) is 15.8 Å². The molecule has 0 spiro atoms. The molecule has 110 valence electrons. The van der Waals surface area contributed by atoms with E-state index in [4.69, 9.17) is 4.52 Å². The van der Waals surface area contributed by atoms with Crippen molar-refractivity contribution in [2.24, 2.45) is 4.99 Å². The summed E-state index contributed by atoms with van der Waals surface area (Å²) in [5.41, 5.74) is 1.98. The first kappa shape index (κ1) is 18.2. The molecule has 0 bridgehead atoms. The zero-order chi connectivity index (χ0) is 13.5. The number of hydrogen-bond acceptors (Lipinski definition) is 3. The lowest BCUT2D eigenvalue weighted by Crippen LogP contribution is -2.41. The fourth-order valence-corrected chi connectivity index (χ4v) is 1.54. The largest absolute Gasteiger partial charge is 0.361 e. The van der Waals surface area contributed by atoms with Gasteiger partial charge in [-0.15, -0.1) is 24.0 Å². The number of aromatic nitrogens is 1. The summed E-state index contributed by atoms with van der Waals surface area (Å²) in [5, 5.41) is 10.5. The van der Waals surface area contributed by atoms with Crippen molar-refractivity contribution >= 4 is 29.9 Å². The van der Waals surface area contributed by atoms with Gasteiger partial charge in [0.25, 0.3) is 0 Å². The van der Waals surface area contributed by atoms with Crippen LogP contribution in [0.2, 0.25) is 0 Å². The van der Waals surface area contributed by atoms with E-state index >= 15 is 0 Å². The monoisotopic (exact) mass is 380 g/mol. The van der Waals surface area contributed by atoms with Crippen LogP contribution in [-0.2, 0) is 6.54 Å². The molecule has 0 aromatic carbocycles. The number of aliphatic imine (C=N–C) groups is 1. The molecule has 0 radical (unpaired) electrons. The van der Waals surface area contributed by atoms with Gasteiger partial charge in [0, 0.05) is 18.2 Å². The molecule has 0 aliphatic rings. The second-order valence-electron chi connectivity index (χ2n) is 4.45. The zero-order valence-corrected chi connectivity index (χ0v) is 14.7. The molecule has 0 aliphatic heterocycles. The van der Waals surface area contributed by atoms with Crippen molar-refractivity contribution in [2.45, 2.75) is 53.6 Å². The molecule has 2 N–H and O–H groups in total. The van der Waals surface area contributed by atoms with Gasteiger partial charge in [-0.3, -0.25) is 0 Å². The van der Waals surface area contributed by atoms with Gasteiger partial charge in [0.1, 0.15) is 5.76 Å². The third-order valence-electron chi connectivity index (χ3n) is 2.92. The summed E-state index contributed by atoms with van der Waals surface area (Å²) in [5.74, 6) is 1.68. The lowest BCUT2D eigenvalue weighted by Gasteiger charge is -2.16. The molecule has 6 heteroatoms. The Bertz CT molecular complexity index is 384. The molecule has 19 heavy (non-hydrogen) atoms. The highest BCUT2D eigenvalue weighted by molar-refractivity contribution is 14.0. The average molecular weight is 380 g/mol. The molecular formula is C13H25IN4O. The van der Waals surface area contributed by atoms with Crippen LogP contribution in [0.3, 0.4) is 0 Å². The molecule has 0 amide bonds. The fraction of sp³-hybridized carbons (Fsp3) is 0.692. The van der Waals surface area contributed by atoms with E-state index in [1.165, 1.54) is 0 Å². The highest BCUT2D eigenvalue weighted by Crippen LogP contribution is 2.12. The maximum Gasteiger partial charge on any atom is 0.191 e. The molecular weight excluding hydrogens is 355 g/mol. The van der Waals surface area contributed by atoms with Crippen molar-refractivity contribution in [1.29, 1.82) is 0 Å². The van der Waals surface area contributed by atoms with Crippen molar-refractivity contribution in [3.63, 3.8) is 0 Å². The van der Waals surface area contributed by atoms with Crippen LogP contribution >= 0.6 is 24.0 Å². The van der Waals surface area contributed by atoms with Crippen LogP contribution in [0.4, 0.5) is 0 Å². The Kier molecular flexibility index (Phi) is 8.79. The third-order valence-corrected chi connectivity index (χ3v) is 2.92. The molecule has 0 saturated heterocycles. The predicted molar refractivity (Wildman–Crippen MR) is 89.1 cm³/mol. The molecule has 1 atom stereocenters. The van der Waals surface area contributed by atoms with Crippen LogP contribution in [0.25, 0.3) is 0 Å². The second kappa shape index (κ2) is 9.17. The first-order valence-electron chi connectivity index (χ1n) is 6.55. The van der Waals surface area contributed by atoms with Crippen LogP contribution in [0.15, 0.2) is 9.52 Å². The van der Waals surface area contributed by atoms with E-state index in [0.717, 1.165) is 35.9 Å². The van der Waals surface area contributed by atoms with E-state index in [0.29, 0.717) is 12.6 Å². The maximum absolute atomic E-state index is 5.13. The van der Waals surface area contributed by atoms with Crippen molar-refractivity contribution in [3.05, 3.63) is 17.0 Å². The predicted octanol–water partition coefficient (Wildman–Crippen LogP) is 2.76. The highest BCUT2D eigenvalue weighted by atomic mass is 127. The smallest absolute Gasteiger partial charge is 0.191 e. The Hall–Kier alpha value is -0.790. The third kappa shape index (κ3) is 5.80. The summed E-state index contributed by atoms with van der Waals surface area (Å²) in [4.78, 5) is 4.56. The maximum atomic E-state index is 5.13. The molecule has 1 aromatic heterocycles. The normalized spacial score (nSPS) is 12.8. The van der Waals surface area contributed by atoms with Gasteiger partial charge in [-0.05, 0) is 34.1 Å². The molecule has 0 fully saturated rings. The topological polar surface area (TPSA) is 62.5 Å². The minimum atomic E-state index is 0. The lowest BCUT2D eigenvalue weighted by molar-refractivity contribution is 0.392. The van der Waals surface area contributed by atoms with Gasteiger partial charge in [0.15, 0.2) is 5.96 Å². The van der Waals surface area contributed by atoms with Crippen molar-refractivity contribution in [2.75, 3.05) is 6.54 Å². The van der Waals surface area contributed by atoms with Crippen molar-refractivity contribution < 1.29 is 4.52 Å². The summed E-state index contributed by atoms with van der Waals surface area (Å²) >= 11 is 0. The standard InChI is InChI=1S/C13H24N4O.HI/c1-6-9(3)16-13(14-7-2)15-8-12-10(4)17-18-11(12)5;/h9H,6-8H2,1-5H3,(H2,14,15,16);1H. The molecule has 1 rings (SSSR count). The number of nitrogens with one attached hydrogen (secondary N) is 2. The van der Waals surface area contributed by atoms with Gasteiger partial charge >= 0.3 is 0 Å². The molecule has 5 nitrogen and oxygen atoms in total. The fourth-order valence-electron chi connectivity index (χ4n) is 1.54. The van der Waals surface area contributed by atoms with E-state index in [9.17, 15) is 0 Å². The zero-order valence-electron chi connectivity index (χ0n) is 12.4.